The van der Waals surface area contributed by atoms with Gasteiger partial charge in [-0.05, 0) is 222 Å². The van der Waals surface area contributed by atoms with Crippen LogP contribution in [-0.2, 0) is 91.2 Å². The third-order valence-corrected chi connectivity index (χ3v) is 31.7. The second-order valence-electron chi connectivity index (χ2n) is 42.2. The summed E-state index contributed by atoms with van der Waals surface area (Å²) >= 11 is 2.92. The molecule has 2 spiro atoms. The summed E-state index contributed by atoms with van der Waals surface area (Å²) in [4.78, 5) is 135. The average Bonchev–Trinajstić information content (AvgIpc) is 1.61. The number of hydrogen-bond acceptors (Lipinski definition) is 23. The van der Waals surface area contributed by atoms with Crippen molar-refractivity contribution in [2.45, 2.75) is 265 Å². The predicted molar refractivity (Wildman–Crippen MR) is 505 cm³/mol. The maximum absolute atomic E-state index is 16.6. The Morgan fingerprint density at radius 3 is 1.61 bits per heavy atom. The van der Waals surface area contributed by atoms with Gasteiger partial charge in [0.05, 0.1) is 81.7 Å². The lowest BCUT2D eigenvalue weighted by atomic mass is 9.72. The fraction of sp³-hybridized carbons (Fsp3) is 0.614. The highest BCUT2D eigenvalue weighted by molar-refractivity contribution is 7.10. The number of esters is 2. The highest BCUT2D eigenvalue weighted by Crippen LogP contribution is 2.48. The molecule has 1 unspecified atom stereocenters. The molecule has 8 aliphatic heterocycles. The molecular formula is C101H134N16O12S2. The molecule has 12 bridgehead atoms. The summed E-state index contributed by atoms with van der Waals surface area (Å²) in [6.45, 7) is 27.9. The van der Waals surface area contributed by atoms with Crippen LogP contribution in [0.15, 0.2) is 83.8 Å². The fourth-order valence-electron chi connectivity index (χ4n) is 23.3. The molecule has 5 amide bonds. The number of pyridine rings is 2. The molecule has 131 heavy (non-hydrogen) atoms. The maximum Gasteiger partial charge on any atom is 0.410 e. The SMILES string of the molecule is CCn1c(-c2cccnc2[C@H](C)OC)c2c3cc(ccc31)-c1csc(n1)C[C@H](NC(=O)[C@H](C1CCCC1)N1CCCC3(CNC3)C1)C(=O)N1CC(CCn3c(-c4cccnc4[C@H](C)OC)c4c5cc(ccc53)-c3csc(n3)C[C@H](NC(=O)[C@H](C3CCCC3)N3CCCC5(CN(C(=O)OC(C)(C)C)C5)C3)C(=O)N3CCC[C@H](N3)C(=O)OCC(C)(C)C4)C[C@H](N1)C(=O)OCC(C)(C)C2. The van der Waals surface area contributed by atoms with Gasteiger partial charge in [-0.2, -0.15) is 0 Å². The molecule has 8 aromatic rings. The number of ether oxygens (including phenoxy) is 5. The van der Waals surface area contributed by atoms with E-state index in [0.717, 1.165) is 193 Å². The summed E-state index contributed by atoms with van der Waals surface area (Å²) in [5.74, 6) is -2.21. The van der Waals surface area contributed by atoms with E-state index in [0.29, 0.717) is 93.5 Å². The number of fused-ring (bicyclic) bond motifs is 12. The van der Waals surface area contributed by atoms with Crippen molar-refractivity contribution in [2.24, 2.45) is 39.4 Å². The third kappa shape index (κ3) is 19.4. The molecular weight excluding hydrogens is 1690 g/mol. The minimum atomic E-state index is -1.09. The molecule has 5 N–H and O–H groups in total. The van der Waals surface area contributed by atoms with Gasteiger partial charge in [-0.1, -0.05) is 65.5 Å². The smallest absolute Gasteiger partial charge is 0.410 e. The molecule has 2 saturated carbocycles. The molecule has 0 radical (unpaired) electrons. The van der Waals surface area contributed by atoms with Crippen LogP contribution in [0.2, 0.25) is 0 Å². The van der Waals surface area contributed by atoms with Crippen LogP contribution in [0.25, 0.3) is 66.8 Å². The summed E-state index contributed by atoms with van der Waals surface area (Å²) in [7, 11) is 3.39. The number of hydrazine groups is 2. The Kier molecular flexibility index (Phi) is 26.8. The van der Waals surface area contributed by atoms with Crippen molar-refractivity contribution >= 4 is 86.1 Å². The van der Waals surface area contributed by atoms with Crippen LogP contribution in [0, 0.1) is 39.4 Å². The number of carbonyl (C=O) groups excluding carboxylic acids is 7. The zero-order valence-corrected chi connectivity index (χ0v) is 80.2. The highest BCUT2D eigenvalue weighted by atomic mass is 32.1. The van der Waals surface area contributed by atoms with Crippen LogP contribution < -0.4 is 26.8 Å². The number of thiazole rings is 2. The number of cyclic esters (lactones) is 2. The number of carbonyl (C=O) groups is 7. The Labute approximate surface area is 777 Å². The van der Waals surface area contributed by atoms with Gasteiger partial charge < -0.3 is 53.7 Å². The first-order valence-electron chi connectivity index (χ1n) is 48.4. The monoisotopic (exact) mass is 1830 g/mol. The highest BCUT2D eigenvalue weighted by Gasteiger charge is 2.53. The Morgan fingerprint density at radius 2 is 1.10 bits per heavy atom. The minimum Gasteiger partial charge on any atom is -0.464 e. The summed E-state index contributed by atoms with van der Waals surface area (Å²) in [5.41, 5.74) is 17.2. The lowest BCUT2D eigenvalue weighted by molar-refractivity contribution is -0.157. The van der Waals surface area contributed by atoms with Crippen LogP contribution >= 0.6 is 22.7 Å². The summed E-state index contributed by atoms with van der Waals surface area (Å²) in [5, 5.41) is 20.9. The molecule has 702 valence electrons. The number of amides is 5. The molecule has 6 aromatic heterocycles. The quantitative estimate of drug-likeness (QED) is 0.0394. The lowest BCUT2D eigenvalue weighted by Gasteiger charge is -2.55. The zero-order valence-electron chi connectivity index (χ0n) is 78.6. The van der Waals surface area contributed by atoms with Crippen molar-refractivity contribution in [2.75, 3.05) is 92.9 Å². The van der Waals surface area contributed by atoms with Crippen LogP contribution in [0.3, 0.4) is 0 Å². The standard InChI is InChI=1S/C101H134N16O12S2/c1-13-114-80-32-30-66-44-70(80)72(88(114)68-27-18-37-103-84(68)61(2)125-11)48-98(7,8)60-128-95(123)77-43-63(50-117(110-77)93(121)76(47-83-106-78(66)51-131-83)108-90(118)86(64-23-14-15-24-64)111-39-21-35-100(55-111)53-102-54-100)34-42-115-81-33-31-67-45-71(81)73(89(115)69-28-19-38-104-85(69)62(3)126-12)49-99(9,10)59-127-94(122)74-29-20-41-116(109-74)92(120)75(46-82-105-79(67)52-130-82)107-91(119)87(65-25-16-17-26-65)112-40-22-36-101(56-112)57-113(58-101)96(124)129-97(4,5)6/h18-19,27-28,30-33,37-38,44-45,51-52,61-65,74-77,86-87,102,109-110H,13-17,20-26,29,34-36,39-43,46-50,53-60H2,1-12H3,(H,107,119)(H,108,118)/t61-,62-,63?,74-,75-,76-,77-,86-,87-/m0/s1. The van der Waals surface area contributed by atoms with E-state index in [1.54, 1.807) is 30.3 Å². The normalized spacial score (nSPS) is 24.5. The number of nitrogens with zero attached hydrogens (tertiary/aromatic N) is 11. The van der Waals surface area contributed by atoms with E-state index in [2.05, 4.69) is 134 Å². The number of likely N-dealkylation sites (tertiary alicyclic amines) is 3. The molecule has 2 aliphatic carbocycles. The molecule has 9 atom stereocenters. The van der Waals surface area contributed by atoms with Crippen LogP contribution in [0.1, 0.15) is 217 Å². The van der Waals surface area contributed by atoms with E-state index in [1.807, 2.05) is 58.3 Å². The predicted octanol–water partition coefficient (Wildman–Crippen LogP) is 14.2. The van der Waals surface area contributed by atoms with E-state index in [4.69, 9.17) is 43.6 Å². The third-order valence-electron chi connectivity index (χ3n) is 30.0. The maximum atomic E-state index is 16.6. The Morgan fingerprint density at radius 1 is 0.603 bits per heavy atom. The average molecular weight is 1830 g/mol. The van der Waals surface area contributed by atoms with E-state index in [-0.39, 0.29) is 97.0 Å². The minimum absolute atomic E-state index is 0.0214. The van der Waals surface area contributed by atoms with Crippen molar-refractivity contribution in [1.82, 2.24) is 80.6 Å². The number of aryl methyl sites for hydroxylation is 2. The molecule has 18 rings (SSSR count). The van der Waals surface area contributed by atoms with Crippen molar-refractivity contribution in [3.05, 3.63) is 116 Å². The number of rotatable bonds is 18. The molecule has 6 saturated heterocycles. The number of nitrogens with one attached hydrogen (secondary N) is 5. The number of piperidine rings is 2. The van der Waals surface area contributed by atoms with Gasteiger partial charge in [-0.15, -0.1) is 22.7 Å². The Bertz CT molecular complexity index is 5570. The number of methoxy groups -OCH3 is 2. The van der Waals surface area contributed by atoms with Crippen LogP contribution in [0.4, 0.5) is 4.79 Å². The first-order valence-corrected chi connectivity index (χ1v) is 50.1. The van der Waals surface area contributed by atoms with Crippen molar-refractivity contribution in [3.8, 4) is 45.0 Å². The van der Waals surface area contributed by atoms with Crippen molar-refractivity contribution in [3.63, 3.8) is 0 Å². The van der Waals surface area contributed by atoms with E-state index >= 15 is 24.0 Å². The fourth-order valence-corrected chi connectivity index (χ4v) is 25.0. The molecule has 10 aliphatic rings. The van der Waals surface area contributed by atoms with Gasteiger partial charge in [0, 0.05) is 181 Å². The second-order valence-corrected chi connectivity index (χ2v) is 44.1. The molecule has 30 heteroatoms. The van der Waals surface area contributed by atoms with Gasteiger partial charge in [0.1, 0.15) is 29.8 Å². The van der Waals surface area contributed by atoms with Gasteiger partial charge in [0.25, 0.3) is 11.8 Å². The molecule has 2 aromatic carbocycles. The topological polar surface area (TPSA) is 303 Å². The lowest BCUT2D eigenvalue weighted by Crippen LogP contribution is -2.67. The van der Waals surface area contributed by atoms with Crippen molar-refractivity contribution in [1.29, 1.82) is 0 Å². The summed E-state index contributed by atoms with van der Waals surface area (Å²) in [6, 6.07) is 16.2. The van der Waals surface area contributed by atoms with Crippen LogP contribution in [-0.4, -0.2) is 230 Å². The zero-order chi connectivity index (χ0) is 91.6. The van der Waals surface area contributed by atoms with Gasteiger partial charge in [0.2, 0.25) is 11.8 Å². The molecule has 8 fully saturated rings. The first-order chi connectivity index (χ1) is 62.9. The van der Waals surface area contributed by atoms with Gasteiger partial charge in [-0.3, -0.25) is 58.6 Å². The van der Waals surface area contributed by atoms with E-state index in [9.17, 15) is 9.59 Å². The van der Waals surface area contributed by atoms with Gasteiger partial charge in [0.15, 0.2) is 0 Å². The Balaban J connectivity index is 0.704. The number of aromatic nitrogens is 6. The summed E-state index contributed by atoms with van der Waals surface area (Å²) in [6.07, 6.45) is 17.0. The largest absolute Gasteiger partial charge is 0.464 e. The number of hydrogen-bond donors (Lipinski definition) is 5. The van der Waals surface area contributed by atoms with E-state index < -0.39 is 70.7 Å². The van der Waals surface area contributed by atoms with Gasteiger partial charge in [-0.25, -0.2) is 25.6 Å². The van der Waals surface area contributed by atoms with E-state index in [1.165, 1.54) is 27.7 Å². The molecule has 28 nitrogen and oxygen atoms in total. The van der Waals surface area contributed by atoms with Crippen molar-refractivity contribution < 1.29 is 57.2 Å². The Hall–Kier alpha value is -9.11. The number of benzene rings is 2. The second kappa shape index (κ2) is 38.0. The van der Waals surface area contributed by atoms with Gasteiger partial charge >= 0.3 is 18.0 Å². The molecule has 14 heterocycles. The first kappa shape index (κ1) is 92.3. The van der Waals surface area contributed by atoms with Crippen LogP contribution in [0.5, 0.6) is 0 Å². The summed E-state index contributed by atoms with van der Waals surface area (Å²) < 4.78 is 35.9.